The van der Waals surface area contributed by atoms with Crippen LogP contribution in [0.3, 0.4) is 0 Å². The summed E-state index contributed by atoms with van der Waals surface area (Å²) in [5, 5.41) is 12.3. The Kier molecular flexibility index (Phi) is 4.35. The standard InChI is InChI=1S/C16H17F2NO/c1-10-5-3-4-6-13(10)11(2)19-9-12-7-14(17)16(20)15(18)8-12/h3-8,11,19-20H,9H2,1-2H3/t11-/m0/s1. The van der Waals surface area contributed by atoms with Crippen LogP contribution < -0.4 is 5.32 Å². The molecule has 2 N–H and O–H groups in total. The minimum Gasteiger partial charge on any atom is -0.503 e. The Hall–Kier alpha value is -1.94. The summed E-state index contributed by atoms with van der Waals surface area (Å²) in [6.45, 7) is 4.34. The number of hydrogen-bond acceptors (Lipinski definition) is 2. The van der Waals surface area contributed by atoms with Crippen molar-refractivity contribution in [3.8, 4) is 5.75 Å². The van der Waals surface area contributed by atoms with Gasteiger partial charge in [-0.2, -0.15) is 0 Å². The van der Waals surface area contributed by atoms with E-state index in [1.165, 1.54) is 0 Å². The molecule has 0 fully saturated rings. The summed E-state index contributed by atoms with van der Waals surface area (Å²) in [6.07, 6.45) is 0. The van der Waals surface area contributed by atoms with Crippen LogP contribution in [0.4, 0.5) is 8.78 Å². The second kappa shape index (κ2) is 6.01. The number of halogens is 2. The molecule has 1 atom stereocenters. The van der Waals surface area contributed by atoms with E-state index in [0.29, 0.717) is 12.1 Å². The van der Waals surface area contributed by atoms with Crippen molar-refractivity contribution in [3.05, 3.63) is 64.7 Å². The van der Waals surface area contributed by atoms with Crippen molar-refractivity contribution < 1.29 is 13.9 Å². The zero-order valence-corrected chi connectivity index (χ0v) is 11.5. The van der Waals surface area contributed by atoms with Crippen molar-refractivity contribution in [1.29, 1.82) is 0 Å². The Morgan fingerprint density at radius 1 is 1.15 bits per heavy atom. The van der Waals surface area contributed by atoms with Crippen LogP contribution in [0, 0.1) is 18.6 Å². The molecule has 0 aromatic heterocycles. The predicted octanol–water partition coefficient (Wildman–Crippen LogP) is 3.83. The maximum Gasteiger partial charge on any atom is 0.187 e. The van der Waals surface area contributed by atoms with Gasteiger partial charge in [0.1, 0.15) is 0 Å². The third kappa shape index (κ3) is 3.14. The predicted molar refractivity (Wildman–Crippen MR) is 74.5 cm³/mol. The molecule has 2 aromatic rings. The van der Waals surface area contributed by atoms with Gasteiger partial charge in [-0.1, -0.05) is 24.3 Å². The van der Waals surface area contributed by atoms with Gasteiger partial charge in [0.05, 0.1) is 0 Å². The average molecular weight is 277 g/mol. The smallest absolute Gasteiger partial charge is 0.187 e. The first-order valence-electron chi connectivity index (χ1n) is 6.45. The molecule has 4 heteroatoms. The van der Waals surface area contributed by atoms with Crippen molar-refractivity contribution >= 4 is 0 Å². The highest BCUT2D eigenvalue weighted by Gasteiger charge is 2.11. The topological polar surface area (TPSA) is 32.3 Å². The van der Waals surface area contributed by atoms with Crippen LogP contribution in [-0.2, 0) is 6.54 Å². The van der Waals surface area contributed by atoms with E-state index in [-0.39, 0.29) is 6.04 Å². The summed E-state index contributed by atoms with van der Waals surface area (Å²) in [4.78, 5) is 0. The summed E-state index contributed by atoms with van der Waals surface area (Å²) in [5.41, 5.74) is 2.76. The normalized spacial score (nSPS) is 12.4. The van der Waals surface area contributed by atoms with E-state index in [2.05, 4.69) is 5.32 Å². The monoisotopic (exact) mass is 277 g/mol. The molecule has 0 spiro atoms. The van der Waals surface area contributed by atoms with Crippen LogP contribution >= 0.6 is 0 Å². The molecule has 106 valence electrons. The minimum absolute atomic E-state index is 0.0659. The fourth-order valence-corrected chi connectivity index (χ4v) is 2.17. The lowest BCUT2D eigenvalue weighted by molar-refractivity contribution is 0.394. The van der Waals surface area contributed by atoms with E-state index in [1.807, 2.05) is 38.1 Å². The fraction of sp³-hybridized carbons (Fsp3) is 0.250. The Balaban J connectivity index is 2.07. The highest BCUT2D eigenvalue weighted by molar-refractivity contribution is 5.31. The van der Waals surface area contributed by atoms with Crippen molar-refractivity contribution in [2.24, 2.45) is 0 Å². The minimum atomic E-state index is -0.939. The second-order valence-corrected chi connectivity index (χ2v) is 4.87. The SMILES string of the molecule is Cc1ccccc1[C@H](C)NCc1cc(F)c(O)c(F)c1. The Morgan fingerprint density at radius 2 is 1.75 bits per heavy atom. The zero-order chi connectivity index (χ0) is 14.7. The molecule has 0 aliphatic heterocycles. The molecule has 0 saturated heterocycles. The molecule has 0 heterocycles. The molecule has 0 amide bonds. The van der Waals surface area contributed by atoms with E-state index in [4.69, 9.17) is 5.11 Å². The van der Waals surface area contributed by atoms with Gasteiger partial charge in [0.25, 0.3) is 0 Å². The van der Waals surface area contributed by atoms with Gasteiger partial charge in [-0.15, -0.1) is 0 Å². The van der Waals surface area contributed by atoms with Gasteiger partial charge in [-0.3, -0.25) is 0 Å². The van der Waals surface area contributed by atoms with Gasteiger partial charge in [-0.05, 0) is 42.7 Å². The molecular weight excluding hydrogens is 260 g/mol. The molecular formula is C16H17F2NO. The van der Waals surface area contributed by atoms with Crippen LogP contribution in [0.2, 0.25) is 0 Å². The van der Waals surface area contributed by atoms with Gasteiger partial charge in [0.15, 0.2) is 17.4 Å². The highest BCUT2D eigenvalue weighted by atomic mass is 19.1. The summed E-state index contributed by atoms with van der Waals surface area (Å²) in [5.74, 6) is -2.81. The third-order valence-corrected chi connectivity index (χ3v) is 3.34. The third-order valence-electron chi connectivity index (χ3n) is 3.34. The van der Waals surface area contributed by atoms with Gasteiger partial charge < -0.3 is 10.4 Å². The molecule has 2 rings (SSSR count). The van der Waals surface area contributed by atoms with E-state index in [0.717, 1.165) is 23.3 Å². The number of aryl methyl sites for hydroxylation is 1. The fourth-order valence-electron chi connectivity index (χ4n) is 2.17. The van der Waals surface area contributed by atoms with Gasteiger partial charge in [0.2, 0.25) is 0 Å². The quantitative estimate of drug-likeness (QED) is 0.890. The number of hydrogen-bond donors (Lipinski definition) is 2. The van der Waals surface area contributed by atoms with Crippen molar-refractivity contribution in [1.82, 2.24) is 5.32 Å². The van der Waals surface area contributed by atoms with Gasteiger partial charge >= 0.3 is 0 Å². The highest BCUT2D eigenvalue weighted by Crippen LogP contribution is 2.22. The van der Waals surface area contributed by atoms with Gasteiger partial charge in [-0.25, -0.2) is 8.78 Å². The number of phenols is 1. The Bertz CT molecular complexity index is 590. The lowest BCUT2D eigenvalue weighted by Crippen LogP contribution is -2.19. The molecule has 0 aliphatic carbocycles. The first-order valence-corrected chi connectivity index (χ1v) is 6.45. The number of rotatable bonds is 4. The first kappa shape index (κ1) is 14.5. The molecule has 0 unspecified atom stereocenters. The van der Waals surface area contributed by atoms with E-state index in [1.54, 1.807) is 0 Å². The number of phenolic OH excluding ortho intramolecular Hbond substituents is 1. The van der Waals surface area contributed by atoms with Crippen LogP contribution in [-0.4, -0.2) is 5.11 Å². The van der Waals surface area contributed by atoms with Crippen molar-refractivity contribution in [2.75, 3.05) is 0 Å². The van der Waals surface area contributed by atoms with Crippen LogP contribution in [0.15, 0.2) is 36.4 Å². The number of aromatic hydroxyl groups is 1. The molecule has 0 radical (unpaired) electrons. The maximum absolute atomic E-state index is 13.2. The largest absolute Gasteiger partial charge is 0.503 e. The van der Waals surface area contributed by atoms with Gasteiger partial charge in [0, 0.05) is 12.6 Å². The zero-order valence-electron chi connectivity index (χ0n) is 11.5. The van der Waals surface area contributed by atoms with E-state index < -0.39 is 17.4 Å². The Labute approximate surface area is 117 Å². The molecule has 0 saturated carbocycles. The van der Waals surface area contributed by atoms with Crippen molar-refractivity contribution in [2.45, 2.75) is 26.4 Å². The van der Waals surface area contributed by atoms with Crippen LogP contribution in [0.25, 0.3) is 0 Å². The van der Waals surface area contributed by atoms with Crippen molar-refractivity contribution in [3.63, 3.8) is 0 Å². The molecule has 2 nitrogen and oxygen atoms in total. The molecule has 0 aliphatic rings. The summed E-state index contributed by atoms with van der Waals surface area (Å²) in [6, 6.07) is 10.3. The summed E-state index contributed by atoms with van der Waals surface area (Å²) in [7, 11) is 0. The van der Waals surface area contributed by atoms with E-state index >= 15 is 0 Å². The number of benzene rings is 2. The summed E-state index contributed by atoms with van der Waals surface area (Å²) >= 11 is 0. The number of nitrogens with one attached hydrogen (secondary N) is 1. The second-order valence-electron chi connectivity index (χ2n) is 4.87. The molecule has 20 heavy (non-hydrogen) atoms. The van der Waals surface area contributed by atoms with Crippen LogP contribution in [0.1, 0.15) is 29.7 Å². The first-order chi connectivity index (χ1) is 9.49. The van der Waals surface area contributed by atoms with Crippen LogP contribution in [0.5, 0.6) is 5.75 Å². The summed E-state index contributed by atoms with van der Waals surface area (Å²) < 4.78 is 26.5. The lowest BCUT2D eigenvalue weighted by atomic mass is 10.0. The average Bonchev–Trinajstić information content (AvgIpc) is 2.42. The maximum atomic E-state index is 13.2. The molecule has 0 bridgehead atoms. The van der Waals surface area contributed by atoms with E-state index in [9.17, 15) is 8.78 Å². The molecule has 2 aromatic carbocycles. The lowest BCUT2D eigenvalue weighted by Gasteiger charge is -2.16. The Morgan fingerprint density at radius 3 is 2.35 bits per heavy atom.